The van der Waals surface area contributed by atoms with Gasteiger partial charge in [-0.25, -0.2) is 4.98 Å². The smallest absolute Gasteiger partial charge is 0.389 e. The van der Waals surface area contributed by atoms with Gasteiger partial charge in [0.05, 0.1) is 21.9 Å². The lowest BCUT2D eigenvalue weighted by Crippen LogP contribution is -2.03. The molecule has 0 aliphatic heterocycles. The summed E-state index contributed by atoms with van der Waals surface area (Å²) in [5.74, 6) is 0. The van der Waals surface area contributed by atoms with E-state index in [0.29, 0.717) is 10.6 Å². The highest BCUT2D eigenvalue weighted by atomic mass is 32.1. The van der Waals surface area contributed by atoms with Gasteiger partial charge in [-0.3, -0.25) is 0 Å². The summed E-state index contributed by atoms with van der Waals surface area (Å²) in [6.45, 7) is 1.68. The Morgan fingerprint density at radius 1 is 1.09 bits per heavy atom. The Morgan fingerprint density at radius 2 is 1.77 bits per heavy atom. The summed E-state index contributed by atoms with van der Waals surface area (Å²) in [5, 5.41) is 10.3. The predicted octanol–water partition coefficient (Wildman–Crippen LogP) is 5.04. The Balaban J connectivity index is 1.99. The van der Waals surface area contributed by atoms with E-state index < -0.39 is 17.8 Å². The van der Waals surface area contributed by atoms with Crippen molar-refractivity contribution in [2.45, 2.75) is 19.2 Å². The molecule has 1 atom stereocenters. The van der Waals surface area contributed by atoms with Gasteiger partial charge in [0.1, 0.15) is 5.01 Å². The van der Waals surface area contributed by atoms with E-state index in [4.69, 9.17) is 0 Å². The molecule has 114 valence electrons. The zero-order valence-corrected chi connectivity index (χ0v) is 12.4. The van der Waals surface area contributed by atoms with Crippen LogP contribution in [0.1, 0.15) is 24.2 Å². The minimum atomic E-state index is -4.34. The standard InChI is InChI=1S/C16H12F3NOS/c1-9(21)11-4-7-13-14(8-11)22-15(20-13)10-2-5-12(6-3-10)16(17,18)19/h2-9,21H,1H3. The van der Waals surface area contributed by atoms with E-state index in [1.165, 1.54) is 23.5 Å². The number of benzene rings is 2. The van der Waals surface area contributed by atoms with Crippen molar-refractivity contribution in [1.82, 2.24) is 4.98 Å². The van der Waals surface area contributed by atoms with Crippen LogP contribution in [0.2, 0.25) is 0 Å². The topological polar surface area (TPSA) is 33.1 Å². The molecule has 22 heavy (non-hydrogen) atoms. The van der Waals surface area contributed by atoms with Gasteiger partial charge in [-0.15, -0.1) is 11.3 Å². The third kappa shape index (κ3) is 2.84. The number of hydrogen-bond donors (Lipinski definition) is 1. The molecule has 0 radical (unpaired) electrons. The monoisotopic (exact) mass is 323 g/mol. The maximum absolute atomic E-state index is 12.6. The van der Waals surface area contributed by atoms with Gasteiger partial charge in [-0.2, -0.15) is 13.2 Å². The fourth-order valence-electron chi connectivity index (χ4n) is 2.13. The Kier molecular flexibility index (Phi) is 3.66. The number of rotatable bonds is 2. The lowest BCUT2D eigenvalue weighted by Gasteiger charge is -2.06. The van der Waals surface area contributed by atoms with Gasteiger partial charge in [0.2, 0.25) is 0 Å². The highest BCUT2D eigenvalue weighted by molar-refractivity contribution is 7.21. The summed E-state index contributed by atoms with van der Waals surface area (Å²) in [4.78, 5) is 4.43. The van der Waals surface area contributed by atoms with Gasteiger partial charge < -0.3 is 5.11 Å². The number of aliphatic hydroxyl groups is 1. The van der Waals surface area contributed by atoms with Crippen molar-refractivity contribution >= 4 is 21.6 Å². The molecule has 3 rings (SSSR count). The van der Waals surface area contributed by atoms with Crippen LogP contribution in [-0.2, 0) is 6.18 Å². The molecule has 1 heterocycles. The number of halogens is 3. The molecule has 0 bridgehead atoms. The largest absolute Gasteiger partial charge is 0.416 e. The van der Waals surface area contributed by atoms with Crippen LogP contribution in [0.15, 0.2) is 42.5 Å². The Bertz CT molecular complexity index is 806. The van der Waals surface area contributed by atoms with Crippen LogP contribution < -0.4 is 0 Å². The molecule has 1 N–H and O–H groups in total. The first-order chi connectivity index (χ1) is 10.3. The van der Waals surface area contributed by atoms with E-state index in [9.17, 15) is 18.3 Å². The number of fused-ring (bicyclic) bond motifs is 1. The number of hydrogen-bond acceptors (Lipinski definition) is 3. The fraction of sp³-hybridized carbons (Fsp3) is 0.188. The molecule has 0 amide bonds. The van der Waals surface area contributed by atoms with Crippen molar-refractivity contribution < 1.29 is 18.3 Å². The third-order valence-corrected chi connectivity index (χ3v) is 4.42. The van der Waals surface area contributed by atoms with Crippen molar-refractivity contribution in [3.05, 3.63) is 53.6 Å². The van der Waals surface area contributed by atoms with Crippen LogP contribution in [0.4, 0.5) is 13.2 Å². The molecule has 0 aliphatic rings. The molecule has 0 spiro atoms. The summed E-state index contributed by atoms with van der Waals surface area (Å²) in [7, 11) is 0. The number of nitrogens with zero attached hydrogens (tertiary/aromatic N) is 1. The van der Waals surface area contributed by atoms with Gasteiger partial charge in [0.15, 0.2) is 0 Å². The molecular formula is C16H12F3NOS. The van der Waals surface area contributed by atoms with Crippen LogP contribution in [0, 0.1) is 0 Å². The molecule has 1 unspecified atom stereocenters. The van der Waals surface area contributed by atoms with Gasteiger partial charge >= 0.3 is 6.18 Å². The van der Waals surface area contributed by atoms with Crippen molar-refractivity contribution in [3.63, 3.8) is 0 Å². The number of alkyl halides is 3. The summed E-state index contributed by atoms with van der Waals surface area (Å²) < 4.78 is 38.6. The molecule has 3 aromatic rings. The minimum Gasteiger partial charge on any atom is -0.389 e. The number of aliphatic hydroxyl groups excluding tert-OH is 1. The van der Waals surface area contributed by atoms with Crippen LogP contribution in [-0.4, -0.2) is 10.1 Å². The van der Waals surface area contributed by atoms with Crippen molar-refractivity contribution in [2.24, 2.45) is 0 Å². The SMILES string of the molecule is CC(O)c1ccc2nc(-c3ccc(C(F)(F)F)cc3)sc2c1. The van der Waals surface area contributed by atoms with Crippen molar-refractivity contribution in [1.29, 1.82) is 0 Å². The lowest BCUT2D eigenvalue weighted by molar-refractivity contribution is -0.137. The molecule has 0 saturated carbocycles. The van der Waals surface area contributed by atoms with E-state index in [2.05, 4.69) is 4.98 Å². The summed E-state index contributed by atoms with van der Waals surface area (Å²) >= 11 is 1.39. The second-order valence-electron chi connectivity index (χ2n) is 5.00. The van der Waals surface area contributed by atoms with E-state index in [0.717, 1.165) is 27.9 Å². The van der Waals surface area contributed by atoms with Crippen molar-refractivity contribution in [2.75, 3.05) is 0 Å². The van der Waals surface area contributed by atoms with Crippen LogP contribution in [0.5, 0.6) is 0 Å². The summed E-state index contributed by atoms with van der Waals surface area (Å²) in [6, 6.07) is 10.4. The fourth-order valence-corrected chi connectivity index (χ4v) is 3.15. The normalized spacial score (nSPS) is 13.5. The zero-order valence-electron chi connectivity index (χ0n) is 11.6. The van der Waals surface area contributed by atoms with Crippen molar-refractivity contribution in [3.8, 4) is 10.6 Å². The minimum absolute atomic E-state index is 0.569. The second kappa shape index (κ2) is 5.37. The Labute approximate surface area is 128 Å². The quantitative estimate of drug-likeness (QED) is 0.717. The lowest BCUT2D eigenvalue weighted by atomic mass is 10.1. The molecule has 2 nitrogen and oxygen atoms in total. The first-order valence-electron chi connectivity index (χ1n) is 6.61. The summed E-state index contributed by atoms with van der Waals surface area (Å²) in [5.41, 5.74) is 1.53. The average Bonchev–Trinajstić information content (AvgIpc) is 2.89. The van der Waals surface area contributed by atoms with Gasteiger partial charge in [0, 0.05) is 5.56 Å². The molecule has 1 aromatic heterocycles. The zero-order chi connectivity index (χ0) is 15.9. The van der Waals surface area contributed by atoms with Gasteiger partial charge in [0.25, 0.3) is 0 Å². The number of aromatic nitrogens is 1. The van der Waals surface area contributed by atoms with E-state index in [-0.39, 0.29) is 0 Å². The average molecular weight is 323 g/mol. The Morgan fingerprint density at radius 3 is 2.36 bits per heavy atom. The molecular weight excluding hydrogens is 311 g/mol. The highest BCUT2D eigenvalue weighted by Crippen LogP contribution is 2.34. The van der Waals surface area contributed by atoms with Crippen LogP contribution >= 0.6 is 11.3 Å². The molecule has 0 saturated heterocycles. The van der Waals surface area contributed by atoms with Gasteiger partial charge in [-0.05, 0) is 36.8 Å². The van der Waals surface area contributed by atoms with Crippen LogP contribution in [0.25, 0.3) is 20.8 Å². The van der Waals surface area contributed by atoms with E-state index in [1.807, 2.05) is 12.1 Å². The Hall–Kier alpha value is -1.92. The predicted molar refractivity (Wildman–Crippen MR) is 80.7 cm³/mol. The first kappa shape index (κ1) is 15.0. The maximum atomic E-state index is 12.6. The molecule has 0 aliphatic carbocycles. The molecule has 0 fully saturated rings. The molecule has 6 heteroatoms. The molecule has 2 aromatic carbocycles. The second-order valence-corrected chi connectivity index (χ2v) is 6.03. The van der Waals surface area contributed by atoms with E-state index in [1.54, 1.807) is 13.0 Å². The highest BCUT2D eigenvalue weighted by Gasteiger charge is 2.30. The maximum Gasteiger partial charge on any atom is 0.416 e. The van der Waals surface area contributed by atoms with Gasteiger partial charge in [-0.1, -0.05) is 18.2 Å². The summed E-state index contributed by atoms with van der Waals surface area (Å²) in [6.07, 6.45) is -4.90. The third-order valence-electron chi connectivity index (χ3n) is 3.35. The number of thiazole rings is 1. The van der Waals surface area contributed by atoms with E-state index >= 15 is 0 Å². The first-order valence-corrected chi connectivity index (χ1v) is 7.42. The van der Waals surface area contributed by atoms with Crippen LogP contribution in [0.3, 0.4) is 0 Å².